The van der Waals surface area contributed by atoms with Crippen molar-refractivity contribution in [2.75, 3.05) is 13.7 Å². The SMILES string of the molecule is CNC(=O)c1cc(C=O)cc2c1OC(CO)C2. The fourth-order valence-corrected chi connectivity index (χ4v) is 1.93. The maximum atomic E-state index is 11.7. The van der Waals surface area contributed by atoms with E-state index in [2.05, 4.69) is 5.32 Å². The second-order valence-electron chi connectivity index (χ2n) is 3.88. The first-order chi connectivity index (χ1) is 8.19. The zero-order chi connectivity index (χ0) is 12.4. The van der Waals surface area contributed by atoms with Gasteiger partial charge in [0.05, 0.1) is 12.2 Å². The molecule has 1 aromatic rings. The van der Waals surface area contributed by atoms with Gasteiger partial charge < -0.3 is 15.2 Å². The second kappa shape index (κ2) is 4.55. The zero-order valence-electron chi connectivity index (χ0n) is 9.40. The summed E-state index contributed by atoms with van der Waals surface area (Å²) in [6.07, 6.45) is 0.867. The van der Waals surface area contributed by atoms with Crippen LogP contribution < -0.4 is 10.1 Å². The molecule has 0 fully saturated rings. The average molecular weight is 235 g/mol. The van der Waals surface area contributed by atoms with Crippen molar-refractivity contribution in [3.8, 4) is 5.75 Å². The molecular formula is C12H13NO4. The molecule has 5 nitrogen and oxygen atoms in total. The average Bonchev–Trinajstić information content (AvgIpc) is 2.79. The van der Waals surface area contributed by atoms with Crippen LogP contribution in [0.25, 0.3) is 0 Å². The van der Waals surface area contributed by atoms with Crippen molar-refractivity contribution in [3.05, 3.63) is 28.8 Å². The minimum absolute atomic E-state index is 0.113. The molecule has 0 saturated carbocycles. The van der Waals surface area contributed by atoms with E-state index in [0.717, 1.165) is 5.56 Å². The summed E-state index contributed by atoms with van der Waals surface area (Å²) < 4.78 is 5.48. The molecule has 1 atom stereocenters. The Labute approximate surface area is 98.4 Å². The van der Waals surface area contributed by atoms with Crippen molar-refractivity contribution in [3.63, 3.8) is 0 Å². The highest BCUT2D eigenvalue weighted by molar-refractivity contribution is 5.99. The predicted octanol–water partition coefficient (Wildman–Crippen LogP) is 0.154. The van der Waals surface area contributed by atoms with Crippen LogP contribution in [0.15, 0.2) is 12.1 Å². The molecule has 2 rings (SSSR count). The molecule has 2 N–H and O–H groups in total. The fraction of sp³-hybridized carbons (Fsp3) is 0.333. The molecule has 0 aliphatic carbocycles. The lowest BCUT2D eigenvalue weighted by Crippen LogP contribution is -2.20. The number of ether oxygens (including phenoxy) is 1. The summed E-state index contributed by atoms with van der Waals surface area (Å²) in [5, 5.41) is 11.6. The quantitative estimate of drug-likeness (QED) is 0.731. The van der Waals surface area contributed by atoms with Crippen LogP contribution in [0.2, 0.25) is 0 Å². The summed E-state index contributed by atoms with van der Waals surface area (Å²) in [6, 6.07) is 3.18. The minimum Gasteiger partial charge on any atom is -0.487 e. The number of aldehydes is 1. The van der Waals surface area contributed by atoms with E-state index in [9.17, 15) is 9.59 Å². The van der Waals surface area contributed by atoms with Gasteiger partial charge in [-0.05, 0) is 17.7 Å². The Bertz CT molecular complexity index is 470. The Morgan fingerprint density at radius 3 is 3.00 bits per heavy atom. The van der Waals surface area contributed by atoms with Gasteiger partial charge in [-0.2, -0.15) is 0 Å². The maximum Gasteiger partial charge on any atom is 0.254 e. The van der Waals surface area contributed by atoms with E-state index < -0.39 is 0 Å². The molecule has 1 unspecified atom stereocenters. The van der Waals surface area contributed by atoms with Crippen molar-refractivity contribution in [2.45, 2.75) is 12.5 Å². The van der Waals surface area contributed by atoms with Crippen LogP contribution in [0.3, 0.4) is 0 Å². The smallest absolute Gasteiger partial charge is 0.254 e. The molecule has 1 amide bonds. The van der Waals surface area contributed by atoms with Gasteiger partial charge in [0, 0.05) is 19.0 Å². The first-order valence-electron chi connectivity index (χ1n) is 5.31. The van der Waals surface area contributed by atoms with Crippen LogP contribution in [-0.4, -0.2) is 37.1 Å². The second-order valence-corrected chi connectivity index (χ2v) is 3.88. The van der Waals surface area contributed by atoms with Crippen molar-refractivity contribution >= 4 is 12.2 Å². The van der Waals surface area contributed by atoms with Crippen LogP contribution in [0.5, 0.6) is 5.75 Å². The number of aliphatic hydroxyl groups excluding tert-OH is 1. The minimum atomic E-state index is -0.338. The number of benzene rings is 1. The topological polar surface area (TPSA) is 75.6 Å². The fourth-order valence-electron chi connectivity index (χ4n) is 1.93. The van der Waals surface area contributed by atoms with Crippen molar-refractivity contribution in [1.82, 2.24) is 5.32 Å². The summed E-state index contributed by atoms with van der Waals surface area (Å²) in [5.41, 5.74) is 1.56. The van der Waals surface area contributed by atoms with Crippen LogP contribution in [-0.2, 0) is 6.42 Å². The molecule has 1 heterocycles. The standard InChI is InChI=1S/C12H13NO4/c1-13-12(16)10-3-7(5-14)2-8-4-9(6-15)17-11(8)10/h2-3,5,9,15H,4,6H2,1H3,(H,13,16). The number of aliphatic hydroxyl groups is 1. The Morgan fingerprint density at radius 2 is 2.41 bits per heavy atom. The van der Waals surface area contributed by atoms with Gasteiger partial charge in [0.1, 0.15) is 18.1 Å². The molecule has 0 radical (unpaired) electrons. The lowest BCUT2D eigenvalue weighted by Gasteiger charge is -2.09. The highest BCUT2D eigenvalue weighted by Crippen LogP contribution is 2.33. The lowest BCUT2D eigenvalue weighted by atomic mass is 10.0. The molecule has 0 saturated heterocycles. The van der Waals surface area contributed by atoms with Gasteiger partial charge in [0.25, 0.3) is 5.91 Å². The van der Waals surface area contributed by atoms with Crippen molar-refractivity contribution in [2.24, 2.45) is 0 Å². The third kappa shape index (κ3) is 2.01. The molecule has 0 aromatic heterocycles. The lowest BCUT2D eigenvalue weighted by molar-refractivity contribution is 0.0951. The van der Waals surface area contributed by atoms with Gasteiger partial charge in [-0.3, -0.25) is 9.59 Å². The molecule has 1 aliphatic heterocycles. The summed E-state index contributed by atoms with van der Waals surface area (Å²) in [7, 11) is 1.51. The van der Waals surface area contributed by atoms with Gasteiger partial charge in [-0.15, -0.1) is 0 Å². The maximum absolute atomic E-state index is 11.7. The van der Waals surface area contributed by atoms with E-state index in [1.807, 2.05) is 0 Å². The number of amides is 1. The Morgan fingerprint density at radius 1 is 1.65 bits per heavy atom. The van der Waals surface area contributed by atoms with Gasteiger partial charge in [-0.25, -0.2) is 0 Å². The molecule has 1 aromatic carbocycles. The van der Waals surface area contributed by atoms with Crippen LogP contribution in [0.4, 0.5) is 0 Å². The number of hydrogen-bond donors (Lipinski definition) is 2. The number of rotatable bonds is 3. The Balaban J connectivity index is 2.49. The summed E-state index contributed by atoms with van der Waals surface area (Å²) in [6.45, 7) is -0.113. The van der Waals surface area contributed by atoms with E-state index >= 15 is 0 Å². The molecule has 5 heteroatoms. The number of fused-ring (bicyclic) bond motifs is 1. The molecule has 90 valence electrons. The summed E-state index contributed by atoms with van der Waals surface area (Å²) in [4.78, 5) is 22.5. The first-order valence-corrected chi connectivity index (χ1v) is 5.31. The van der Waals surface area contributed by atoms with E-state index in [0.29, 0.717) is 29.6 Å². The van der Waals surface area contributed by atoms with Gasteiger partial charge in [0.15, 0.2) is 0 Å². The van der Waals surface area contributed by atoms with Gasteiger partial charge in [-0.1, -0.05) is 0 Å². The monoisotopic (exact) mass is 235 g/mol. The molecule has 0 spiro atoms. The third-order valence-electron chi connectivity index (χ3n) is 2.73. The van der Waals surface area contributed by atoms with Crippen LogP contribution >= 0.6 is 0 Å². The number of carbonyl (C=O) groups excluding carboxylic acids is 2. The van der Waals surface area contributed by atoms with Gasteiger partial charge >= 0.3 is 0 Å². The van der Waals surface area contributed by atoms with E-state index in [4.69, 9.17) is 9.84 Å². The normalized spacial score (nSPS) is 17.2. The number of carbonyl (C=O) groups is 2. The largest absolute Gasteiger partial charge is 0.487 e. The van der Waals surface area contributed by atoms with Gasteiger partial charge in [0.2, 0.25) is 0 Å². The summed E-state index contributed by atoms with van der Waals surface area (Å²) in [5.74, 6) is 0.164. The molecule has 0 bridgehead atoms. The number of nitrogens with one attached hydrogen (secondary N) is 1. The highest BCUT2D eigenvalue weighted by Gasteiger charge is 2.27. The van der Waals surface area contributed by atoms with E-state index in [-0.39, 0.29) is 18.6 Å². The molecular weight excluding hydrogens is 222 g/mol. The molecule has 17 heavy (non-hydrogen) atoms. The van der Waals surface area contributed by atoms with Crippen molar-refractivity contribution in [1.29, 1.82) is 0 Å². The third-order valence-corrected chi connectivity index (χ3v) is 2.73. The van der Waals surface area contributed by atoms with E-state index in [1.54, 1.807) is 6.07 Å². The Kier molecular flexibility index (Phi) is 3.10. The van der Waals surface area contributed by atoms with Crippen molar-refractivity contribution < 1.29 is 19.4 Å². The number of hydrogen-bond acceptors (Lipinski definition) is 4. The Hall–Kier alpha value is -1.88. The zero-order valence-corrected chi connectivity index (χ0v) is 9.40. The van der Waals surface area contributed by atoms with Crippen LogP contribution in [0.1, 0.15) is 26.3 Å². The highest BCUT2D eigenvalue weighted by atomic mass is 16.5. The van der Waals surface area contributed by atoms with Crippen LogP contribution in [0, 0.1) is 0 Å². The van der Waals surface area contributed by atoms with E-state index in [1.165, 1.54) is 13.1 Å². The summed E-state index contributed by atoms with van der Waals surface area (Å²) >= 11 is 0. The molecule has 1 aliphatic rings. The predicted molar refractivity (Wildman–Crippen MR) is 60.4 cm³/mol. The first kappa shape index (κ1) is 11.6.